The van der Waals surface area contributed by atoms with Crippen molar-refractivity contribution < 1.29 is 8.85 Å². The molecule has 0 aliphatic rings. The largest absolute Gasteiger partial charge is 1.00 e. The van der Waals surface area contributed by atoms with E-state index in [9.17, 15) is 4.79 Å². The molecule has 6 heteroatoms. The van der Waals surface area contributed by atoms with E-state index < -0.39 is 4.87 Å². The Kier molecular flexibility index (Phi) is 6.62. The highest BCUT2D eigenvalue weighted by atomic mass is 35.5. The molecule has 0 aromatic carbocycles. The maximum atomic E-state index is 11.0. The Morgan fingerprint density at radius 3 is 2.09 bits per heavy atom. The fourth-order valence-electron chi connectivity index (χ4n) is 0.343. The van der Waals surface area contributed by atoms with E-state index in [2.05, 4.69) is 10.5 Å². The summed E-state index contributed by atoms with van der Waals surface area (Å²) in [6.45, 7) is 3.17. The van der Waals surface area contributed by atoms with Crippen molar-refractivity contribution in [1.29, 1.82) is 0 Å². The highest BCUT2D eigenvalue weighted by Gasteiger charge is 2.36. The molecule has 0 heterocycles. The van der Waals surface area contributed by atoms with E-state index in [4.69, 9.17) is 23.2 Å². The fraction of sp³-hybridized carbons (Fsp3) is 0.800. The third-order valence-electron chi connectivity index (χ3n) is 0.818. The van der Waals surface area contributed by atoms with Crippen LogP contribution < -0.4 is 0 Å². The fourth-order valence-corrected chi connectivity index (χ4v) is 0.855. The average molecular weight is 227 g/mol. The van der Waals surface area contributed by atoms with E-state index >= 15 is 0 Å². The van der Waals surface area contributed by atoms with Gasteiger partial charge in [-0.05, 0) is 13.8 Å². The summed E-state index contributed by atoms with van der Waals surface area (Å²) in [6, 6.07) is 0.00583. The molecule has 0 aromatic heterocycles. The van der Waals surface area contributed by atoms with Gasteiger partial charge < -0.3 is 15.0 Å². The molecular formula is C5H8Cl2O2Si2. The highest BCUT2D eigenvalue weighted by Crippen LogP contribution is 2.17. The van der Waals surface area contributed by atoms with Gasteiger partial charge >= 0.3 is 16.5 Å². The summed E-state index contributed by atoms with van der Waals surface area (Å²) >= 11 is 11.0. The number of halogens is 2. The Balaban J connectivity index is 0. The van der Waals surface area contributed by atoms with Gasteiger partial charge in [-0.15, -0.1) is 11.6 Å². The minimum atomic E-state index is -0.929. The molecule has 0 aliphatic carbocycles. The van der Waals surface area contributed by atoms with Gasteiger partial charge in [0, 0.05) is 4.79 Å². The summed E-state index contributed by atoms with van der Waals surface area (Å²) in [5.41, 5.74) is 0. The van der Waals surface area contributed by atoms with Crippen LogP contribution >= 0.6 is 23.2 Å². The highest BCUT2D eigenvalue weighted by molar-refractivity contribution is 6.35. The lowest BCUT2D eigenvalue weighted by molar-refractivity contribution is -0.154. The third kappa shape index (κ3) is 4.84. The first-order chi connectivity index (χ1) is 4.39. The van der Waals surface area contributed by atoms with E-state index in [1.54, 1.807) is 13.8 Å². The molecule has 2 nitrogen and oxygen atoms in total. The smallest absolute Gasteiger partial charge is 0.520 e. The van der Waals surface area contributed by atoms with Crippen molar-refractivity contribution in [3.05, 3.63) is 0 Å². The first kappa shape index (κ1) is 14.0. The maximum Gasteiger partial charge on any atom is 0.520 e. The summed E-state index contributed by atoms with van der Waals surface area (Å²) in [7, 11) is 2.91. The van der Waals surface area contributed by atoms with Crippen LogP contribution in [0, 0.1) is 0 Å². The predicted octanol–water partition coefficient (Wildman–Crippen LogP) is 0.982. The SMILES string of the molecule is CC(C)(Cl)C(=O)[O+]([Si])CCl.[Si-]. The van der Waals surface area contributed by atoms with Crippen LogP contribution in [-0.4, -0.2) is 38.4 Å². The number of hydrogen-bond donors (Lipinski definition) is 0. The topological polar surface area (TPSA) is 19.8 Å². The van der Waals surface area contributed by atoms with Crippen molar-refractivity contribution in [3.8, 4) is 0 Å². The molecule has 0 aliphatic heterocycles. The molecule has 62 valence electrons. The Hall–Kier alpha value is 0.484. The van der Waals surface area contributed by atoms with Crippen LogP contribution in [0.5, 0.6) is 0 Å². The Bertz CT molecular complexity index is 135. The van der Waals surface area contributed by atoms with Gasteiger partial charge in [0.15, 0.2) is 10.9 Å². The molecule has 6 radical (unpaired) electrons. The lowest BCUT2D eigenvalue weighted by Gasteiger charge is -2.19. The quantitative estimate of drug-likeness (QED) is 0.298. The second kappa shape index (κ2) is 5.19. The molecule has 0 fully saturated rings. The average Bonchev–Trinajstić information content (AvgIpc) is 1.83. The van der Waals surface area contributed by atoms with E-state index in [0.717, 1.165) is 0 Å². The third-order valence-corrected chi connectivity index (χ3v) is 1.70. The zero-order valence-corrected chi connectivity index (χ0v) is 9.79. The molecule has 0 bridgehead atoms. The van der Waals surface area contributed by atoms with Crippen LogP contribution in [-0.2, 0) is 8.85 Å². The Labute approximate surface area is 84.5 Å². The summed E-state index contributed by atoms with van der Waals surface area (Å²) in [5.74, 6) is -0.333. The molecular weight excluding hydrogens is 219 g/mol. The zero-order chi connectivity index (χ0) is 8.36. The number of alkyl halides is 2. The minimum absolute atomic E-state index is 0. The molecule has 0 amide bonds. The molecule has 0 atom stereocenters. The molecule has 0 saturated heterocycles. The van der Waals surface area contributed by atoms with Crippen LogP contribution in [0.25, 0.3) is 0 Å². The molecule has 0 saturated carbocycles. The van der Waals surface area contributed by atoms with Crippen LogP contribution in [0.2, 0.25) is 0 Å². The van der Waals surface area contributed by atoms with Crippen LogP contribution in [0.4, 0.5) is 0 Å². The number of rotatable bonds is 2. The summed E-state index contributed by atoms with van der Waals surface area (Å²) in [5, 5.41) is 0. The summed E-state index contributed by atoms with van der Waals surface area (Å²) in [6.07, 6.45) is 0. The number of carbonyl (C=O) groups is 1. The minimum Gasteiger partial charge on any atom is -1.00 e. The standard InChI is InChI=1S/C5H8Cl2O2Si.Si/c1-5(2,7)4(8)9(10)3-6;/h3H2,1-2H3;/q+1;-1. The first-order valence-electron chi connectivity index (χ1n) is 2.61. The van der Waals surface area contributed by atoms with Crippen molar-refractivity contribution in [3.63, 3.8) is 0 Å². The van der Waals surface area contributed by atoms with Crippen molar-refractivity contribution >= 4 is 50.6 Å². The van der Waals surface area contributed by atoms with Gasteiger partial charge in [0.25, 0.3) is 0 Å². The van der Waals surface area contributed by atoms with Gasteiger partial charge in [-0.25, -0.2) is 0 Å². The monoisotopic (exact) mass is 226 g/mol. The van der Waals surface area contributed by atoms with E-state index in [-0.39, 0.29) is 23.0 Å². The molecule has 0 spiro atoms. The second-order valence-electron chi connectivity index (χ2n) is 2.26. The predicted molar refractivity (Wildman–Crippen MR) is 48.3 cm³/mol. The number of hydrogen-bond acceptors (Lipinski definition) is 1. The van der Waals surface area contributed by atoms with Crippen molar-refractivity contribution in [1.82, 2.24) is 0 Å². The first-order valence-corrected chi connectivity index (χ1v) is 3.93. The van der Waals surface area contributed by atoms with Gasteiger partial charge in [0.05, 0.1) is 0 Å². The van der Waals surface area contributed by atoms with Gasteiger partial charge in [0.1, 0.15) is 0 Å². The normalized spacial score (nSPS) is 10.3. The van der Waals surface area contributed by atoms with Crippen molar-refractivity contribution in [2.75, 3.05) is 6.07 Å². The Morgan fingerprint density at radius 1 is 1.64 bits per heavy atom. The molecule has 0 aromatic rings. The number of carbonyl (C=O) groups excluding carboxylic acids is 1. The molecule has 0 rings (SSSR count). The van der Waals surface area contributed by atoms with Gasteiger partial charge in [-0.1, -0.05) is 11.6 Å². The molecule has 11 heavy (non-hydrogen) atoms. The summed E-state index contributed by atoms with van der Waals surface area (Å²) in [4.78, 5) is 10.1. The van der Waals surface area contributed by atoms with Gasteiger partial charge in [-0.3, -0.25) is 0 Å². The van der Waals surface area contributed by atoms with Crippen molar-refractivity contribution in [2.24, 2.45) is 0 Å². The molecule has 0 unspecified atom stereocenters. The summed E-state index contributed by atoms with van der Waals surface area (Å²) < 4.78 is 1.93. The Morgan fingerprint density at radius 2 is 2.00 bits per heavy atom. The second-order valence-corrected chi connectivity index (χ2v) is 3.92. The van der Waals surface area contributed by atoms with E-state index in [0.29, 0.717) is 0 Å². The van der Waals surface area contributed by atoms with E-state index in [1.165, 1.54) is 0 Å². The van der Waals surface area contributed by atoms with Gasteiger partial charge in [-0.2, -0.15) is 0 Å². The van der Waals surface area contributed by atoms with Gasteiger partial charge in [0.2, 0.25) is 0 Å². The van der Waals surface area contributed by atoms with Crippen LogP contribution in [0.1, 0.15) is 13.8 Å². The van der Waals surface area contributed by atoms with E-state index in [1.807, 2.05) is 4.06 Å². The lowest BCUT2D eigenvalue weighted by atomic mass is 10.2. The van der Waals surface area contributed by atoms with Crippen molar-refractivity contribution in [2.45, 2.75) is 18.7 Å². The molecule has 0 N–H and O–H groups in total. The zero-order valence-electron chi connectivity index (χ0n) is 6.28. The van der Waals surface area contributed by atoms with Crippen LogP contribution in [0.3, 0.4) is 0 Å². The lowest BCUT2D eigenvalue weighted by Crippen LogP contribution is -2.34. The van der Waals surface area contributed by atoms with Crippen LogP contribution in [0.15, 0.2) is 0 Å². The maximum absolute atomic E-state index is 11.0.